The van der Waals surface area contributed by atoms with Crippen molar-refractivity contribution in [1.82, 2.24) is 0 Å². The molecule has 0 atom stereocenters. The van der Waals surface area contributed by atoms with Gasteiger partial charge in [0.1, 0.15) is 12.4 Å². The van der Waals surface area contributed by atoms with Crippen LogP contribution in [0.4, 0.5) is 5.69 Å². The van der Waals surface area contributed by atoms with Gasteiger partial charge in [0.25, 0.3) is 5.17 Å². The quantitative estimate of drug-likeness (QED) is 0.554. The largest absolute Gasteiger partial charge is 0.489 e. The van der Waals surface area contributed by atoms with Crippen molar-refractivity contribution >= 4 is 39.0 Å². The number of hydroxylamine groups is 1. The van der Waals surface area contributed by atoms with Crippen molar-refractivity contribution in [3.05, 3.63) is 57.6 Å². The summed E-state index contributed by atoms with van der Waals surface area (Å²) in [5.74, 6) is 0.817. The second kappa shape index (κ2) is 8.46. The molecule has 0 spiro atoms. The minimum atomic E-state index is -0.0259. The Labute approximate surface area is 156 Å². The minimum absolute atomic E-state index is 0.0259. The number of halogens is 1. The van der Waals surface area contributed by atoms with E-state index in [2.05, 4.69) is 35.0 Å². The van der Waals surface area contributed by atoms with Crippen molar-refractivity contribution in [2.75, 3.05) is 12.2 Å². The van der Waals surface area contributed by atoms with E-state index in [1.54, 1.807) is 6.07 Å². The first-order valence-electron chi connectivity index (χ1n) is 7.54. The summed E-state index contributed by atoms with van der Waals surface area (Å²) in [6.45, 7) is 4.44. The lowest BCUT2D eigenvalue weighted by Gasteiger charge is -2.20. The first-order valence-corrected chi connectivity index (χ1v) is 8.74. The van der Waals surface area contributed by atoms with Crippen molar-refractivity contribution in [2.24, 2.45) is 0 Å². The highest BCUT2D eigenvalue weighted by Crippen LogP contribution is 2.27. The van der Waals surface area contributed by atoms with Crippen molar-refractivity contribution < 1.29 is 14.7 Å². The zero-order valence-electron chi connectivity index (χ0n) is 13.9. The highest BCUT2D eigenvalue weighted by atomic mass is 79.9. The molecule has 0 saturated heterocycles. The smallest absolute Gasteiger partial charge is 0.288 e. The molecule has 2 aromatic carbocycles. The first kappa shape index (κ1) is 18.7. The van der Waals surface area contributed by atoms with E-state index in [-0.39, 0.29) is 5.17 Å². The molecule has 0 heterocycles. The summed E-state index contributed by atoms with van der Waals surface area (Å²) in [5.41, 5.74) is 3.66. The van der Waals surface area contributed by atoms with Crippen LogP contribution < -0.4 is 9.80 Å². The minimum Gasteiger partial charge on any atom is -0.489 e. The normalized spacial score (nSPS) is 10.4. The van der Waals surface area contributed by atoms with Crippen LogP contribution in [-0.2, 0) is 17.8 Å². The predicted molar refractivity (Wildman–Crippen MR) is 103 cm³/mol. The molecular formula is C18H20BrNO3S. The molecule has 0 fully saturated rings. The number of aryl methyl sites for hydroxylation is 2. The summed E-state index contributed by atoms with van der Waals surface area (Å²) in [4.78, 5) is 0. The monoisotopic (exact) mass is 409 g/mol. The van der Waals surface area contributed by atoms with Gasteiger partial charge in [-0.05, 0) is 61.0 Å². The Bertz CT molecular complexity index is 736. The van der Waals surface area contributed by atoms with Crippen LogP contribution in [0.2, 0.25) is 0 Å². The van der Waals surface area contributed by atoms with E-state index in [0.717, 1.165) is 32.8 Å². The SMILES string of the molecule is CCc1ccc(OCc2cc(Br)ccc2N(O)C(=S)OC)c(C)c1. The Hall–Kier alpha value is -1.63. The third-order valence-electron chi connectivity index (χ3n) is 3.65. The lowest BCUT2D eigenvalue weighted by atomic mass is 10.1. The lowest BCUT2D eigenvalue weighted by Crippen LogP contribution is -2.27. The molecule has 0 saturated carbocycles. The Morgan fingerprint density at radius 1 is 1.25 bits per heavy atom. The summed E-state index contributed by atoms with van der Waals surface area (Å²) in [6, 6.07) is 11.6. The molecule has 0 amide bonds. The van der Waals surface area contributed by atoms with Crippen LogP contribution in [0.1, 0.15) is 23.6 Å². The summed E-state index contributed by atoms with van der Waals surface area (Å²) in [6.07, 6.45) is 0.991. The molecule has 0 unspecified atom stereocenters. The lowest BCUT2D eigenvalue weighted by molar-refractivity contribution is 0.264. The maximum atomic E-state index is 10.2. The molecule has 6 heteroatoms. The summed E-state index contributed by atoms with van der Waals surface area (Å²) in [5, 5.41) is 11.0. The van der Waals surface area contributed by atoms with Crippen molar-refractivity contribution in [2.45, 2.75) is 26.9 Å². The molecule has 2 aromatic rings. The van der Waals surface area contributed by atoms with Gasteiger partial charge in [-0.3, -0.25) is 5.21 Å². The number of nitrogens with zero attached hydrogens (tertiary/aromatic N) is 1. The van der Waals surface area contributed by atoms with Crippen LogP contribution in [0.15, 0.2) is 40.9 Å². The van der Waals surface area contributed by atoms with Gasteiger partial charge < -0.3 is 9.47 Å². The van der Waals surface area contributed by atoms with Gasteiger partial charge in [-0.25, -0.2) is 0 Å². The second-order valence-corrected chi connectivity index (χ2v) is 6.56. The fraction of sp³-hybridized carbons (Fsp3) is 0.278. The van der Waals surface area contributed by atoms with Crippen LogP contribution in [0.25, 0.3) is 0 Å². The number of hydrogen-bond donors (Lipinski definition) is 1. The molecular weight excluding hydrogens is 390 g/mol. The van der Waals surface area contributed by atoms with Crippen molar-refractivity contribution in [3.8, 4) is 5.75 Å². The Balaban J connectivity index is 2.23. The van der Waals surface area contributed by atoms with E-state index < -0.39 is 0 Å². The highest BCUT2D eigenvalue weighted by molar-refractivity contribution is 9.10. The zero-order valence-corrected chi connectivity index (χ0v) is 16.3. The molecule has 0 aliphatic heterocycles. The molecule has 1 N–H and O–H groups in total. The Morgan fingerprint density at radius 2 is 2.00 bits per heavy atom. The number of benzene rings is 2. The van der Waals surface area contributed by atoms with E-state index in [0.29, 0.717) is 12.3 Å². The van der Waals surface area contributed by atoms with Crippen LogP contribution >= 0.6 is 28.1 Å². The number of ether oxygens (including phenoxy) is 2. The number of hydrogen-bond acceptors (Lipinski definition) is 4. The van der Waals surface area contributed by atoms with Gasteiger partial charge in [0.15, 0.2) is 0 Å². The van der Waals surface area contributed by atoms with E-state index in [1.165, 1.54) is 12.7 Å². The van der Waals surface area contributed by atoms with Gasteiger partial charge >= 0.3 is 0 Å². The number of methoxy groups -OCH3 is 1. The molecule has 0 aliphatic carbocycles. The van der Waals surface area contributed by atoms with Gasteiger partial charge in [-0.1, -0.05) is 35.0 Å². The highest BCUT2D eigenvalue weighted by Gasteiger charge is 2.15. The third kappa shape index (κ3) is 4.47. The Kier molecular flexibility index (Phi) is 6.60. The Morgan fingerprint density at radius 3 is 2.62 bits per heavy atom. The van der Waals surface area contributed by atoms with Crippen LogP contribution in [0, 0.1) is 6.92 Å². The molecule has 24 heavy (non-hydrogen) atoms. The number of anilines is 1. The molecule has 0 radical (unpaired) electrons. The maximum absolute atomic E-state index is 10.2. The topological polar surface area (TPSA) is 41.9 Å². The van der Waals surface area contributed by atoms with E-state index in [4.69, 9.17) is 21.7 Å². The predicted octanol–water partition coefficient (Wildman–Crippen LogP) is 5.03. The molecule has 128 valence electrons. The maximum Gasteiger partial charge on any atom is 0.288 e. The van der Waals surface area contributed by atoms with Crippen LogP contribution in [0.3, 0.4) is 0 Å². The van der Waals surface area contributed by atoms with Gasteiger partial charge in [-0.15, -0.1) is 0 Å². The third-order valence-corrected chi connectivity index (χ3v) is 4.48. The summed E-state index contributed by atoms with van der Waals surface area (Å²) < 4.78 is 11.7. The number of rotatable bonds is 5. The average molecular weight is 410 g/mol. The van der Waals surface area contributed by atoms with Crippen molar-refractivity contribution in [3.63, 3.8) is 0 Å². The summed E-state index contributed by atoms with van der Waals surface area (Å²) in [7, 11) is 1.42. The molecule has 0 aliphatic rings. The van der Waals surface area contributed by atoms with E-state index >= 15 is 0 Å². The van der Waals surface area contributed by atoms with Gasteiger partial charge in [0, 0.05) is 10.0 Å². The molecule has 4 nitrogen and oxygen atoms in total. The van der Waals surface area contributed by atoms with E-state index in [9.17, 15) is 5.21 Å². The van der Waals surface area contributed by atoms with Crippen molar-refractivity contribution in [1.29, 1.82) is 0 Å². The van der Waals surface area contributed by atoms with Gasteiger partial charge in [-0.2, -0.15) is 5.06 Å². The van der Waals surface area contributed by atoms with Crippen LogP contribution in [-0.4, -0.2) is 17.5 Å². The second-order valence-electron chi connectivity index (χ2n) is 5.30. The first-order chi connectivity index (χ1) is 11.5. The molecule has 0 bridgehead atoms. The fourth-order valence-electron chi connectivity index (χ4n) is 2.31. The molecule has 2 rings (SSSR count). The summed E-state index contributed by atoms with van der Waals surface area (Å²) >= 11 is 8.42. The zero-order chi connectivity index (χ0) is 17.7. The van der Waals surface area contributed by atoms with Crippen LogP contribution in [0.5, 0.6) is 5.75 Å². The average Bonchev–Trinajstić information content (AvgIpc) is 2.59. The standard InChI is InChI=1S/C18H20BrNO3S/c1-4-13-5-8-17(12(2)9-13)23-11-14-10-15(19)6-7-16(14)20(21)18(24)22-3/h5-10,21H,4,11H2,1-3H3. The van der Waals surface area contributed by atoms with E-state index in [1.807, 2.05) is 25.1 Å². The molecule has 0 aromatic heterocycles. The number of thiocarbonyl (C=S) groups is 1. The fourth-order valence-corrected chi connectivity index (χ4v) is 2.82. The van der Waals surface area contributed by atoms with Gasteiger partial charge in [0.05, 0.1) is 12.8 Å². The van der Waals surface area contributed by atoms with Gasteiger partial charge in [0.2, 0.25) is 0 Å².